The molecule has 22 nitrogen and oxygen atoms in total. The number of ether oxygens (including phenoxy) is 6. The molecule has 2 fully saturated rings. The molecule has 8 rings (SSSR count). The van der Waals surface area contributed by atoms with Gasteiger partial charge in [-0.3, -0.25) is 0 Å². The Morgan fingerprint density at radius 2 is 1.05 bits per heavy atom. The molecule has 0 bridgehead atoms. The predicted octanol–water partition coefficient (Wildman–Crippen LogP) is -1.28. The Kier molecular flexibility index (Phi) is 12.2. The number of aromatic hydroxyl groups is 8. The lowest BCUT2D eigenvalue weighted by atomic mass is 9.85. The monoisotopic (exact) mass is 902 g/mol. The molecule has 0 radical (unpaired) electrons. The molecule has 0 saturated carbocycles. The summed E-state index contributed by atoms with van der Waals surface area (Å²) in [5, 5.41) is 170. The molecule has 0 aromatic heterocycles. The zero-order valence-electron chi connectivity index (χ0n) is 33.1. The van der Waals surface area contributed by atoms with E-state index in [1.807, 2.05) is 0 Å². The zero-order valence-corrected chi connectivity index (χ0v) is 33.1. The van der Waals surface area contributed by atoms with Crippen LogP contribution >= 0.6 is 0 Å². The van der Waals surface area contributed by atoms with Gasteiger partial charge < -0.3 is 110 Å². The van der Waals surface area contributed by atoms with Gasteiger partial charge in [-0.05, 0) is 29.8 Å². The Hall–Kier alpha value is -5.60. The summed E-state index contributed by atoms with van der Waals surface area (Å²) in [6.45, 7) is -1.60. The van der Waals surface area contributed by atoms with Gasteiger partial charge in [0.1, 0.15) is 95.5 Å². The lowest BCUT2D eigenvalue weighted by Crippen LogP contribution is -2.60. The first kappa shape index (κ1) is 45.0. The van der Waals surface area contributed by atoms with Crippen molar-refractivity contribution in [2.75, 3.05) is 13.2 Å². The molecule has 4 aromatic rings. The van der Waals surface area contributed by atoms with Gasteiger partial charge in [0.25, 0.3) is 0 Å². The van der Waals surface area contributed by atoms with E-state index in [1.54, 1.807) is 0 Å². The molecule has 0 unspecified atom stereocenters. The minimum atomic E-state index is -1.92. The minimum Gasteiger partial charge on any atom is -0.508 e. The first-order valence-corrected chi connectivity index (χ1v) is 19.9. The topological polar surface area (TPSA) is 379 Å². The summed E-state index contributed by atoms with van der Waals surface area (Å²) in [7, 11) is 0. The summed E-state index contributed by atoms with van der Waals surface area (Å²) in [5.74, 6) is -5.18. The van der Waals surface area contributed by atoms with E-state index in [9.17, 15) is 81.7 Å². The summed E-state index contributed by atoms with van der Waals surface area (Å²) >= 11 is 0. The summed E-state index contributed by atoms with van der Waals surface area (Å²) in [4.78, 5) is 0. The lowest BCUT2D eigenvalue weighted by molar-refractivity contribution is -0.317. The van der Waals surface area contributed by atoms with Crippen molar-refractivity contribution in [2.45, 2.75) is 98.7 Å². The zero-order chi connectivity index (χ0) is 46.0. The van der Waals surface area contributed by atoms with E-state index in [2.05, 4.69) is 0 Å². The third-order valence-corrected chi connectivity index (χ3v) is 11.9. The second kappa shape index (κ2) is 17.4. The molecule has 4 aliphatic rings. The Balaban J connectivity index is 1.26. The van der Waals surface area contributed by atoms with Gasteiger partial charge in [0.05, 0.1) is 18.8 Å². The number of hydrogen-bond donors (Lipinski definition) is 16. The SMILES string of the molecule is OC[C@H]1O[C@@H](O[C@H]2Cc3c(O)cc(O)c(-c4cc(O)c(O)cc4[C@H]4Oc5cc(O)cc(O)c5C[C@@H]4O[C@@H]4O[C@H](CO)[C@@H](O)[C@H](O)[C@H]4O)c3O[C@@H]2c2ccc(O)c(O)c2)[C@H](O)[C@@H](O)[C@@H]1O. The standard InChI is InChI=1S/C42H46O22/c43-11-29-32(53)34(55)36(57)41(62-29)60-27-9-18-21(48)10-25(52)31(40(18)64-38(27)13-1-2-19(46)22(49)3-13)15-6-23(50)24(51)7-16(15)39-28(8-17-20(47)4-14(45)5-26(17)59-39)61-42-37(58)35(56)33(54)30(12-44)63-42/h1-7,10,27-30,32-39,41-58H,8-9,11-12H2/t27-,28-,29+,30+,32+,33+,34-,35-,36+,37+,38+,39+,41+,42+/m0/s1. The van der Waals surface area contributed by atoms with Gasteiger partial charge >= 0.3 is 0 Å². The Bertz CT molecular complexity index is 2370. The van der Waals surface area contributed by atoms with Gasteiger partial charge in [0.2, 0.25) is 0 Å². The van der Waals surface area contributed by atoms with Crippen LogP contribution in [-0.4, -0.2) is 169 Å². The van der Waals surface area contributed by atoms with Crippen molar-refractivity contribution in [3.63, 3.8) is 0 Å². The normalized spacial score (nSPS) is 32.5. The van der Waals surface area contributed by atoms with Crippen molar-refractivity contribution in [3.05, 3.63) is 70.8 Å². The second-order valence-electron chi connectivity index (χ2n) is 15.9. The molecule has 0 aliphatic carbocycles. The Labute approximate surface area is 361 Å². The minimum absolute atomic E-state index is 0.0758. The number of hydrogen-bond acceptors (Lipinski definition) is 22. The first-order valence-electron chi connectivity index (χ1n) is 19.9. The highest BCUT2D eigenvalue weighted by molar-refractivity contribution is 5.84. The van der Waals surface area contributed by atoms with Crippen molar-refractivity contribution in [1.29, 1.82) is 0 Å². The van der Waals surface area contributed by atoms with Crippen LogP contribution < -0.4 is 9.47 Å². The molecule has 0 spiro atoms. The van der Waals surface area contributed by atoms with E-state index in [0.717, 1.165) is 42.5 Å². The van der Waals surface area contributed by atoms with Gasteiger partial charge in [0, 0.05) is 53.3 Å². The summed E-state index contributed by atoms with van der Waals surface area (Å²) in [5.41, 5.74) is -0.491. The molecule has 64 heavy (non-hydrogen) atoms. The van der Waals surface area contributed by atoms with Crippen molar-refractivity contribution in [1.82, 2.24) is 0 Å². The van der Waals surface area contributed by atoms with Crippen LogP contribution in [-0.2, 0) is 31.8 Å². The van der Waals surface area contributed by atoms with Crippen LogP contribution in [0, 0.1) is 0 Å². The fourth-order valence-electron chi connectivity index (χ4n) is 8.47. The van der Waals surface area contributed by atoms with Crippen LogP contribution in [0.4, 0.5) is 0 Å². The molecule has 4 heterocycles. The number of fused-ring (bicyclic) bond motifs is 2. The molecule has 14 atom stereocenters. The summed E-state index contributed by atoms with van der Waals surface area (Å²) in [6.07, 6.45) is -23.7. The third-order valence-electron chi connectivity index (χ3n) is 11.9. The van der Waals surface area contributed by atoms with Gasteiger partial charge in [-0.2, -0.15) is 0 Å². The molecular formula is C42H46O22. The molecular weight excluding hydrogens is 856 g/mol. The second-order valence-corrected chi connectivity index (χ2v) is 15.9. The summed E-state index contributed by atoms with van der Waals surface area (Å²) < 4.78 is 36.3. The molecule has 0 amide bonds. The number of phenolic OH excluding ortho intramolecular Hbond substituents is 8. The molecule has 16 N–H and O–H groups in total. The van der Waals surface area contributed by atoms with Crippen molar-refractivity contribution in [3.8, 4) is 68.6 Å². The fraction of sp³-hybridized carbons (Fsp3) is 0.429. The van der Waals surface area contributed by atoms with E-state index >= 15 is 0 Å². The Morgan fingerprint density at radius 1 is 0.500 bits per heavy atom. The average molecular weight is 903 g/mol. The highest BCUT2D eigenvalue weighted by Crippen LogP contribution is 2.55. The quantitative estimate of drug-likeness (QED) is 0.0870. The van der Waals surface area contributed by atoms with Crippen LogP contribution in [0.3, 0.4) is 0 Å². The Morgan fingerprint density at radius 3 is 1.64 bits per heavy atom. The number of phenols is 8. The predicted molar refractivity (Wildman–Crippen MR) is 210 cm³/mol. The maximum absolute atomic E-state index is 11.7. The number of benzene rings is 4. The van der Waals surface area contributed by atoms with Crippen LogP contribution in [0.1, 0.15) is 34.5 Å². The molecule has 2 saturated heterocycles. The van der Waals surface area contributed by atoms with E-state index in [4.69, 9.17) is 28.4 Å². The molecule has 22 heteroatoms. The molecule has 346 valence electrons. The van der Waals surface area contributed by atoms with Gasteiger partial charge in [-0.1, -0.05) is 6.07 Å². The fourth-order valence-corrected chi connectivity index (χ4v) is 8.47. The number of rotatable bonds is 9. The maximum atomic E-state index is 11.7. The smallest absolute Gasteiger partial charge is 0.187 e. The van der Waals surface area contributed by atoms with Gasteiger partial charge in [-0.25, -0.2) is 0 Å². The van der Waals surface area contributed by atoms with Crippen LogP contribution in [0.25, 0.3) is 11.1 Å². The highest BCUT2D eigenvalue weighted by atomic mass is 16.7. The van der Waals surface area contributed by atoms with Gasteiger partial charge in [-0.15, -0.1) is 0 Å². The van der Waals surface area contributed by atoms with Crippen molar-refractivity contribution >= 4 is 0 Å². The number of aliphatic hydroxyl groups excluding tert-OH is 8. The van der Waals surface area contributed by atoms with Crippen LogP contribution in [0.5, 0.6) is 57.5 Å². The maximum Gasteiger partial charge on any atom is 0.187 e. The molecule has 4 aliphatic heterocycles. The van der Waals surface area contributed by atoms with Crippen LogP contribution in [0.2, 0.25) is 0 Å². The largest absolute Gasteiger partial charge is 0.508 e. The average Bonchev–Trinajstić information content (AvgIpc) is 3.26. The van der Waals surface area contributed by atoms with E-state index in [1.165, 1.54) is 6.07 Å². The van der Waals surface area contributed by atoms with Gasteiger partial charge in [0.15, 0.2) is 47.8 Å². The van der Waals surface area contributed by atoms with Crippen molar-refractivity contribution < 1.29 is 110 Å². The van der Waals surface area contributed by atoms with Crippen LogP contribution in [0.15, 0.2) is 48.5 Å². The van der Waals surface area contributed by atoms with E-state index < -0.39 is 145 Å². The third kappa shape index (κ3) is 7.97. The van der Waals surface area contributed by atoms with E-state index in [0.29, 0.717) is 0 Å². The number of aliphatic hydroxyl groups is 8. The van der Waals surface area contributed by atoms with E-state index in [-0.39, 0.29) is 57.7 Å². The summed E-state index contributed by atoms with van der Waals surface area (Å²) in [6, 6.07) is 8.66. The molecule has 4 aromatic carbocycles. The highest BCUT2D eigenvalue weighted by Gasteiger charge is 2.49. The first-order chi connectivity index (χ1) is 30.4. The van der Waals surface area contributed by atoms with Crippen molar-refractivity contribution in [2.24, 2.45) is 0 Å². The lowest BCUT2D eigenvalue weighted by Gasteiger charge is -2.43.